The molecule has 3 N–H and O–H groups in total. The van der Waals surface area contributed by atoms with Gasteiger partial charge < -0.3 is 10.0 Å². The Labute approximate surface area is 148 Å². The maximum Gasteiger partial charge on any atom is 0.419 e. The number of piperazine rings is 1. The zero-order chi connectivity index (χ0) is 18.7. The Morgan fingerprint density at radius 3 is 2.27 bits per heavy atom. The summed E-state index contributed by atoms with van der Waals surface area (Å²) in [6, 6.07) is 8.32. The van der Waals surface area contributed by atoms with Crippen LogP contribution >= 0.6 is 0 Å². The number of alkyl halides is 3. The Morgan fingerprint density at radius 1 is 1.08 bits per heavy atom. The summed E-state index contributed by atoms with van der Waals surface area (Å²) in [5, 5.41) is 10.3. The molecule has 0 radical (unpaired) electrons. The first-order valence-corrected chi connectivity index (χ1v) is 8.44. The summed E-state index contributed by atoms with van der Waals surface area (Å²) in [5.41, 5.74) is -0.0228. The van der Waals surface area contributed by atoms with Crippen molar-refractivity contribution in [3.63, 3.8) is 0 Å². The van der Waals surface area contributed by atoms with Crippen molar-refractivity contribution in [1.82, 2.24) is 0 Å². The van der Waals surface area contributed by atoms with E-state index >= 15 is 0 Å². The number of aliphatic hydroxyl groups excluding tert-OH is 1. The van der Waals surface area contributed by atoms with Crippen LogP contribution in [0.2, 0.25) is 0 Å². The van der Waals surface area contributed by atoms with E-state index < -0.39 is 17.8 Å². The zero-order valence-electron chi connectivity index (χ0n) is 14.1. The third kappa shape index (κ3) is 4.50. The SMILES string of the molecule is O[C@H](C[NH+]1CCN(c2ccc(C(F)(F)F)c[nH+]2)CC1)c1ccc(F)cc1. The summed E-state index contributed by atoms with van der Waals surface area (Å²) in [4.78, 5) is 5.90. The smallest absolute Gasteiger partial charge is 0.382 e. The number of nitrogens with one attached hydrogen (secondary N) is 2. The number of aromatic nitrogens is 1. The topological polar surface area (TPSA) is 42.1 Å². The van der Waals surface area contributed by atoms with Crippen molar-refractivity contribution in [1.29, 1.82) is 0 Å². The molecule has 1 saturated heterocycles. The number of H-pyrrole nitrogens is 1. The molecule has 0 aliphatic carbocycles. The molecule has 0 spiro atoms. The van der Waals surface area contributed by atoms with E-state index in [-0.39, 0.29) is 5.82 Å². The normalized spacial score (nSPS) is 17.3. The summed E-state index contributed by atoms with van der Waals surface area (Å²) < 4.78 is 50.8. The molecule has 8 heteroatoms. The molecule has 4 nitrogen and oxygen atoms in total. The van der Waals surface area contributed by atoms with Crippen molar-refractivity contribution in [2.75, 3.05) is 37.6 Å². The van der Waals surface area contributed by atoms with Crippen molar-refractivity contribution in [2.24, 2.45) is 0 Å². The standard InChI is InChI=1S/C18H19F4N3O/c19-15-4-1-13(2-5-15)16(26)12-24-7-9-25(10-8-24)17-6-3-14(11-23-17)18(20,21)22/h1-6,11,16,26H,7-10,12H2/p+2/t16-/m1/s1. The van der Waals surface area contributed by atoms with Gasteiger partial charge in [-0.25, -0.2) is 9.37 Å². The van der Waals surface area contributed by atoms with Gasteiger partial charge in [0.25, 0.3) is 5.82 Å². The molecular formula is C18H21F4N3O+2. The van der Waals surface area contributed by atoms with Gasteiger partial charge in [-0.05, 0) is 23.8 Å². The number of quaternary nitrogens is 1. The Morgan fingerprint density at radius 2 is 1.73 bits per heavy atom. The summed E-state index contributed by atoms with van der Waals surface area (Å²) in [5.74, 6) is 0.311. The monoisotopic (exact) mass is 371 g/mol. The lowest BCUT2D eigenvalue weighted by Crippen LogP contribution is -3.15. The highest BCUT2D eigenvalue weighted by atomic mass is 19.4. The van der Waals surface area contributed by atoms with E-state index in [9.17, 15) is 22.7 Å². The lowest BCUT2D eigenvalue weighted by atomic mass is 10.1. The number of benzene rings is 1. The van der Waals surface area contributed by atoms with Gasteiger partial charge in [-0.15, -0.1) is 0 Å². The number of hydrogen-bond donors (Lipinski definition) is 2. The van der Waals surface area contributed by atoms with Crippen LogP contribution in [-0.2, 0) is 6.18 Å². The van der Waals surface area contributed by atoms with Gasteiger partial charge in [0.1, 0.15) is 50.8 Å². The number of anilines is 1. The lowest BCUT2D eigenvalue weighted by Gasteiger charge is -2.29. The highest BCUT2D eigenvalue weighted by Crippen LogP contribution is 2.28. The van der Waals surface area contributed by atoms with Crippen LogP contribution in [0.4, 0.5) is 23.4 Å². The molecule has 1 fully saturated rings. The van der Waals surface area contributed by atoms with Gasteiger partial charge >= 0.3 is 6.18 Å². The molecule has 1 aromatic carbocycles. The maximum absolute atomic E-state index is 12.9. The van der Waals surface area contributed by atoms with E-state index in [4.69, 9.17) is 0 Å². The number of halogens is 4. The van der Waals surface area contributed by atoms with Crippen LogP contribution in [0.1, 0.15) is 17.2 Å². The Bertz CT molecular complexity index is 711. The number of aliphatic hydroxyl groups is 1. The molecule has 0 unspecified atom stereocenters. The first-order chi connectivity index (χ1) is 12.3. The molecule has 1 aliphatic heterocycles. The predicted octanol–water partition coefficient (Wildman–Crippen LogP) is 1.10. The molecular weight excluding hydrogens is 350 g/mol. The highest BCUT2D eigenvalue weighted by Gasteiger charge is 2.33. The van der Waals surface area contributed by atoms with E-state index in [1.165, 1.54) is 23.1 Å². The molecule has 0 saturated carbocycles. The summed E-state index contributed by atoms with van der Waals surface area (Å²) >= 11 is 0. The average molecular weight is 371 g/mol. The van der Waals surface area contributed by atoms with Gasteiger partial charge in [-0.3, -0.25) is 4.90 Å². The number of aromatic amines is 1. The second-order valence-corrected chi connectivity index (χ2v) is 6.47. The van der Waals surface area contributed by atoms with Crippen molar-refractivity contribution in [3.05, 3.63) is 59.5 Å². The van der Waals surface area contributed by atoms with Gasteiger partial charge in [0, 0.05) is 6.07 Å². The molecule has 0 amide bonds. The Hall–Kier alpha value is -2.19. The second kappa shape index (κ2) is 7.59. The number of nitrogens with zero attached hydrogens (tertiary/aromatic N) is 1. The first-order valence-electron chi connectivity index (χ1n) is 8.44. The Balaban J connectivity index is 1.53. The third-order valence-corrected chi connectivity index (χ3v) is 4.67. The zero-order valence-corrected chi connectivity index (χ0v) is 14.1. The van der Waals surface area contributed by atoms with Crippen LogP contribution in [0, 0.1) is 5.82 Å². The fourth-order valence-electron chi connectivity index (χ4n) is 3.13. The van der Waals surface area contributed by atoms with E-state index in [1.807, 2.05) is 4.90 Å². The fourth-order valence-corrected chi connectivity index (χ4v) is 3.13. The molecule has 0 bridgehead atoms. The van der Waals surface area contributed by atoms with Crippen LogP contribution in [0.5, 0.6) is 0 Å². The van der Waals surface area contributed by atoms with Gasteiger partial charge in [0.15, 0.2) is 0 Å². The van der Waals surface area contributed by atoms with Crippen LogP contribution in [0.3, 0.4) is 0 Å². The largest absolute Gasteiger partial charge is 0.419 e. The van der Waals surface area contributed by atoms with Gasteiger partial charge in [0.05, 0.1) is 5.56 Å². The second-order valence-electron chi connectivity index (χ2n) is 6.47. The van der Waals surface area contributed by atoms with Crippen LogP contribution < -0.4 is 14.8 Å². The molecule has 140 valence electrons. The van der Waals surface area contributed by atoms with Crippen molar-refractivity contribution >= 4 is 5.82 Å². The summed E-state index contributed by atoms with van der Waals surface area (Å²) in [6.07, 6.45) is -4.05. The quantitative estimate of drug-likeness (QED) is 0.791. The molecule has 2 aromatic rings. The maximum atomic E-state index is 12.9. The summed E-state index contributed by atoms with van der Waals surface area (Å²) in [7, 11) is 0. The molecule has 2 heterocycles. The van der Waals surface area contributed by atoms with Crippen LogP contribution in [-0.4, -0.2) is 37.8 Å². The lowest BCUT2D eigenvalue weighted by molar-refractivity contribution is -0.904. The van der Waals surface area contributed by atoms with Gasteiger partial charge in [0.2, 0.25) is 0 Å². The highest BCUT2D eigenvalue weighted by molar-refractivity contribution is 5.34. The van der Waals surface area contributed by atoms with Crippen LogP contribution in [0.25, 0.3) is 0 Å². The van der Waals surface area contributed by atoms with Crippen LogP contribution in [0.15, 0.2) is 42.6 Å². The first kappa shape index (κ1) is 18.6. The van der Waals surface area contributed by atoms with Crippen molar-refractivity contribution in [2.45, 2.75) is 12.3 Å². The molecule has 26 heavy (non-hydrogen) atoms. The molecule has 1 aromatic heterocycles. The number of rotatable bonds is 4. The van der Waals surface area contributed by atoms with Gasteiger partial charge in [-0.2, -0.15) is 13.2 Å². The van der Waals surface area contributed by atoms with Gasteiger partial charge in [-0.1, -0.05) is 12.1 Å². The average Bonchev–Trinajstić information content (AvgIpc) is 2.62. The minimum Gasteiger partial charge on any atom is -0.382 e. The molecule has 1 aliphatic rings. The Kier molecular flexibility index (Phi) is 5.43. The van der Waals surface area contributed by atoms with E-state index in [1.54, 1.807) is 12.1 Å². The number of hydrogen-bond acceptors (Lipinski definition) is 2. The minimum atomic E-state index is -4.35. The van der Waals surface area contributed by atoms with E-state index in [0.29, 0.717) is 31.0 Å². The summed E-state index contributed by atoms with van der Waals surface area (Å²) in [6.45, 7) is 3.37. The minimum absolute atomic E-state index is 0.338. The predicted molar refractivity (Wildman–Crippen MR) is 87.1 cm³/mol. The van der Waals surface area contributed by atoms with E-state index in [2.05, 4.69) is 4.98 Å². The van der Waals surface area contributed by atoms with E-state index in [0.717, 1.165) is 25.4 Å². The fraction of sp³-hybridized carbons (Fsp3) is 0.389. The molecule has 1 atom stereocenters. The third-order valence-electron chi connectivity index (χ3n) is 4.67. The number of pyridine rings is 1. The van der Waals surface area contributed by atoms with Crippen molar-refractivity contribution < 1.29 is 32.6 Å². The molecule has 3 rings (SSSR count). The van der Waals surface area contributed by atoms with Crippen molar-refractivity contribution in [3.8, 4) is 0 Å².